The van der Waals surface area contributed by atoms with Gasteiger partial charge in [-0.2, -0.15) is 0 Å². The smallest absolute Gasteiger partial charge is 0.318 e. The molecule has 3 amide bonds. The van der Waals surface area contributed by atoms with E-state index < -0.39 is 0 Å². The lowest BCUT2D eigenvalue weighted by molar-refractivity contribution is -0.134. The lowest BCUT2D eigenvalue weighted by atomic mass is 10.00. The number of hydrogen-bond acceptors (Lipinski definition) is 2. The topological polar surface area (TPSA) is 57.6 Å². The Balaban J connectivity index is 1.83. The molecular formula is C23H32N4O2. The molecule has 6 nitrogen and oxygen atoms in total. The van der Waals surface area contributed by atoms with Gasteiger partial charge in [0.2, 0.25) is 5.91 Å². The van der Waals surface area contributed by atoms with Gasteiger partial charge in [0.25, 0.3) is 0 Å². The van der Waals surface area contributed by atoms with E-state index in [2.05, 4.69) is 34.3 Å². The maximum absolute atomic E-state index is 13.4. The van der Waals surface area contributed by atoms with Crippen LogP contribution in [0, 0.1) is 0 Å². The maximum atomic E-state index is 13.4. The van der Waals surface area contributed by atoms with Gasteiger partial charge >= 0.3 is 6.03 Å². The molecule has 1 aromatic carbocycles. The first kappa shape index (κ1) is 21.0. The minimum atomic E-state index is -0.343. The van der Waals surface area contributed by atoms with E-state index in [0.717, 1.165) is 24.2 Å². The van der Waals surface area contributed by atoms with Gasteiger partial charge in [0.05, 0.1) is 6.04 Å². The van der Waals surface area contributed by atoms with Crippen LogP contribution in [-0.2, 0) is 11.3 Å². The van der Waals surface area contributed by atoms with Crippen molar-refractivity contribution in [2.75, 3.05) is 19.6 Å². The monoisotopic (exact) mass is 396 g/mol. The van der Waals surface area contributed by atoms with E-state index in [1.165, 1.54) is 0 Å². The number of urea groups is 1. The summed E-state index contributed by atoms with van der Waals surface area (Å²) in [7, 11) is 0. The van der Waals surface area contributed by atoms with Crippen LogP contribution in [0.2, 0.25) is 0 Å². The standard InChI is InChI=1S/C23H32N4O2/c1-5-13-26(22(29)24-23(2,3)4)17-20(28)27-16-15-25-14-9-12-19(25)21(27)18-10-7-6-8-11-18/h6-12,14,21H,5,13,15-17H2,1-4H3,(H,24,29). The van der Waals surface area contributed by atoms with Crippen molar-refractivity contribution < 1.29 is 9.59 Å². The van der Waals surface area contributed by atoms with Crippen LogP contribution in [0.4, 0.5) is 4.79 Å². The van der Waals surface area contributed by atoms with Gasteiger partial charge in [-0.05, 0) is 44.9 Å². The highest BCUT2D eigenvalue weighted by atomic mass is 16.2. The first-order valence-electron chi connectivity index (χ1n) is 10.4. The van der Waals surface area contributed by atoms with Gasteiger partial charge in [0.15, 0.2) is 0 Å². The maximum Gasteiger partial charge on any atom is 0.318 e. The first-order chi connectivity index (χ1) is 13.8. The third-order valence-corrected chi connectivity index (χ3v) is 5.06. The Kier molecular flexibility index (Phi) is 6.30. The molecule has 0 spiro atoms. The highest BCUT2D eigenvalue weighted by Crippen LogP contribution is 2.32. The zero-order chi connectivity index (χ0) is 21.0. The third-order valence-electron chi connectivity index (χ3n) is 5.06. The van der Waals surface area contributed by atoms with Crippen molar-refractivity contribution in [1.29, 1.82) is 0 Å². The van der Waals surface area contributed by atoms with Gasteiger partial charge < -0.3 is 19.7 Å². The second-order valence-corrected chi connectivity index (χ2v) is 8.63. The Labute approximate surface area is 173 Å². The first-order valence-corrected chi connectivity index (χ1v) is 10.4. The molecule has 156 valence electrons. The van der Waals surface area contributed by atoms with Crippen molar-refractivity contribution in [2.24, 2.45) is 0 Å². The lowest BCUT2D eigenvalue weighted by Gasteiger charge is -2.38. The van der Waals surface area contributed by atoms with Crippen molar-refractivity contribution in [3.63, 3.8) is 0 Å². The predicted octanol–water partition coefficient (Wildman–Crippen LogP) is 3.64. The Hall–Kier alpha value is -2.76. The number of benzene rings is 1. The number of nitrogens with one attached hydrogen (secondary N) is 1. The number of carbonyl (C=O) groups excluding carboxylic acids is 2. The van der Waals surface area contributed by atoms with E-state index in [1.807, 2.05) is 56.9 Å². The van der Waals surface area contributed by atoms with Crippen LogP contribution in [0.15, 0.2) is 48.7 Å². The van der Waals surface area contributed by atoms with Crippen molar-refractivity contribution >= 4 is 11.9 Å². The van der Waals surface area contributed by atoms with Crippen LogP contribution in [0.1, 0.15) is 51.4 Å². The zero-order valence-corrected chi connectivity index (χ0v) is 17.9. The highest BCUT2D eigenvalue weighted by Gasteiger charge is 2.33. The summed E-state index contributed by atoms with van der Waals surface area (Å²) in [5, 5.41) is 2.98. The quantitative estimate of drug-likeness (QED) is 0.839. The Morgan fingerprint density at radius 3 is 2.48 bits per heavy atom. The number of hydrogen-bond donors (Lipinski definition) is 1. The molecule has 0 radical (unpaired) electrons. The average Bonchev–Trinajstić information content (AvgIpc) is 3.15. The second kappa shape index (κ2) is 8.72. The van der Waals surface area contributed by atoms with Gasteiger partial charge in [-0.15, -0.1) is 0 Å². The Bertz CT molecular complexity index is 838. The minimum Gasteiger partial charge on any atom is -0.348 e. The molecule has 1 aliphatic rings. The van der Waals surface area contributed by atoms with Crippen LogP contribution in [0.3, 0.4) is 0 Å². The SMILES string of the molecule is CCCN(CC(=O)N1CCn2cccc2C1c1ccccc1)C(=O)NC(C)(C)C. The molecule has 0 bridgehead atoms. The molecule has 3 rings (SSSR count). The van der Waals surface area contributed by atoms with E-state index in [-0.39, 0.29) is 30.1 Å². The molecule has 2 aromatic rings. The normalized spacial score (nSPS) is 16.3. The average molecular weight is 397 g/mol. The number of aromatic nitrogens is 1. The zero-order valence-electron chi connectivity index (χ0n) is 17.9. The Morgan fingerprint density at radius 1 is 1.10 bits per heavy atom. The summed E-state index contributed by atoms with van der Waals surface area (Å²) >= 11 is 0. The molecule has 2 heterocycles. The molecule has 0 fully saturated rings. The summed E-state index contributed by atoms with van der Waals surface area (Å²) in [5.74, 6) is -0.0242. The van der Waals surface area contributed by atoms with Gasteiger partial charge in [0, 0.05) is 37.1 Å². The summed E-state index contributed by atoms with van der Waals surface area (Å²) in [6.45, 7) is 9.87. The van der Waals surface area contributed by atoms with Crippen LogP contribution in [0.5, 0.6) is 0 Å². The molecule has 1 aromatic heterocycles. The fourth-order valence-corrected chi connectivity index (χ4v) is 3.81. The minimum absolute atomic E-state index is 0.0242. The van der Waals surface area contributed by atoms with Gasteiger partial charge in [-0.25, -0.2) is 4.79 Å². The molecule has 1 atom stereocenters. The summed E-state index contributed by atoms with van der Waals surface area (Å²) < 4.78 is 2.21. The van der Waals surface area contributed by atoms with E-state index in [0.29, 0.717) is 13.1 Å². The predicted molar refractivity (Wildman–Crippen MR) is 115 cm³/mol. The molecule has 1 unspecified atom stereocenters. The van der Waals surface area contributed by atoms with Crippen molar-refractivity contribution in [1.82, 2.24) is 19.7 Å². The molecule has 0 saturated carbocycles. The molecule has 0 aliphatic carbocycles. The molecule has 1 N–H and O–H groups in total. The highest BCUT2D eigenvalue weighted by molar-refractivity contribution is 5.85. The number of nitrogens with zero attached hydrogens (tertiary/aromatic N) is 3. The van der Waals surface area contributed by atoms with Crippen molar-refractivity contribution in [2.45, 2.75) is 52.2 Å². The number of fused-ring (bicyclic) bond motifs is 1. The van der Waals surface area contributed by atoms with E-state index >= 15 is 0 Å². The fourth-order valence-electron chi connectivity index (χ4n) is 3.81. The van der Waals surface area contributed by atoms with E-state index in [1.54, 1.807) is 4.90 Å². The Morgan fingerprint density at radius 2 is 1.83 bits per heavy atom. The molecule has 29 heavy (non-hydrogen) atoms. The number of amides is 3. The lowest BCUT2D eigenvalue weighted by Crippen LogP contribution is -2.53. The van der Waals surface area contributed by atoms with Crippen LogP contribution in [0.25, 0.3) is 0 Å². The third kappa shape index (κ3) is 5.00. The summed E-state index contributed by atoms with van der Waals surface area (Å²) in [6, 6.07) is 13.9. The number of rotatable bonds is 5. The molecule has 0 saturated heterocycles. The molecule has 6 heteroatoms. The number of carbonyl (C=O) groups is 2. The van der Waals surface area contributed by atoms with E-state index in [4.69, 9.17) is 0 Å². The van der Waals surface area contributed by atoms with Crippen LogP contribution >= 0.6 is 0 Å². The van der Waals surface area contributed by atoms with Gasteiger partial charge in [-0.3, -0.25) is 4.79 Å². The summed E-state index contributed by atoms with van der Waals surface area (Å²) in [5.41, 5.74) is 1.85. The van der Waals surface area contributed by atoms with E-state index in [9.17, 15) is 9.59 Å². The summed E-state index contributed by atoms with van der Waals surface area (Å²) in [4.78, 5) is 29.6. The largest absolute Gasteiger partial charge is 0.348 e. The van der Waals surface area contributed by atoms with Crippen molar-refractivity contribution in [3.05, 3.63) is 59.9 Å². The second-order valence-electron chi connectivity index (χ2n) is 8.63. The van der Waals surface area contributed by atoms with Gasteiger partial charge in [-0.1, -0.05) is 37.3 Å². The summed E-state index contributed by atoms with van der Waals surface area (Å²) in [6.07, 6.45) is 2.86. The fraction of sp³-hybridized carbons (Fsp3) is 0.478. The van der Waals surface area contributed by atoms with Crippen LogP contribution in [-0.4, -0.2) is 51.5 Å². The van der Waals surface area contributed by atoms with Crippen molar-refractivity contribution in [3.8, 4) is 0 Å². The van der Waals surface area contributed by atoms with Gasteiger partial charge in [0.1, 0.15) is 6.54 Å². The molecule has 1 aliphatic heterocycles. The van der Waals surface area contributed by atoms with Crippen LogP contribution < -0.4 is 5.32 Å². The molecular weight excluding hydrogens is 364 g/mol.